The van der Waals surface area contributed by atoms with Crippen LogP contribution in [0, 0.1) is 0 Å². The van der Waals surface area contributed by atoms with Crippen molar-refractivity contribution < 1.29 is 19.4 Å². The minimum Gasteiger partial charge on any atom is -0.479 e. The fourth-order valence-corrected chi connectivity index (χ4v) is 2.16. The van der Waals surface area contributed by atoms with Gasteiger partial charge in [-0.05, 0) is 24.8 Å². The number of methoxy groups -OCH3 is 1. The first-order valence-corrected chi connectivity index (χ1v) is 6.45. The highest BCUT2D eigenvalue weighted by Crippen LogP contribution is 2.22. The van der Waals surface area contributed by atoms with Crippen LogP contribution >= 0.6 is 11.3 Å². The summed E-state index contributed by atoms with van der Waals surface area (Å²) < 4.78 is 5.15. The molecule has 0 saturated heterocycles. The number of ether oxygens (including phenoxy) is 1. The Balaban J connectivity index is 2.86. The molecule has 1 aromatic rings. The number of thiophene rings is 1. The SMILES string of the molecule is CCC(C)(OC)C(=O)NC(C(=O)O)c1cccs1. The van der Waals surface area contributed by atoms with E-state index in [1.54, 1.807) is 24.4 Å². The van der Waals surface area contributed by atoms with Gasteiger partial charge in [-0.2, -0.15) is 0 Å². The van der Waals surface area contributed by atoms with E-state index in [1.165, 1.54) is 18.4 Å². The van der Waals surface area contributed by atoms with E-state index in [9.17, 15) is 9.59 Å². The molecule has 1 aromatic heterocycles. The molecule has 0 aliphatic carbocycles. The number of rotatable bonds is 6. The molecule has 1 heterocycles. The van der Waals surface area contributed by atoms with Crippen LogP contribution < -0.4 is 5.32 Å². The zero-order chi connectivity index (χ0) is 13.8. The molecule has 0 radical (unpaired) electrons. The smallest absolute Gasteiger partial charge is 0.331 e. The van der Waals surface area contributed by atoms with Crippen LogP contribution in [0.25, 0.3) is 0 Å². The van der Waals surface area contributed by atoms with E-state index in [-0.39, 0.29) is 0 Å². The highest BCUT2D eigenvalue weighted by molar-refractivity contribution is 7.10. The zero-order valence-corrected chi connectivity index (χ0v) is 11.4. The van der Waals surface area contributed by atoms with Crippen molar-refractivity contribution in [1.82, 2.24) is 5.32 Å². The van der Waals surface area contributed by atoms with Crippen LogP contribution in [0.15, 0.2) is 17.5 Å². The van der Waals surface area contributed by atoms with Crippen molar-refractivity contribution in [3.63, 3.8) is 0 Å². The van der Waals surface area contributed by atoms with Crippen LogP contribution in [0.4, 0.5) is 0 Å². The molecule has 0 aliphatic rings. The Hall–Kier alpha value is -1.40. The number of hydrogen-bond donors (Lipinski definition) is 2. The predicted molar refractivity (Wildman–Crippen MR) is 68.5 cm³/mol. The first-order chi connectivity index (χ1) is 8.44. The van der Waals surface area contributed by atoms with Gasteiger partial charge in [-0.25, -0.2) is 4.79 Å². The first kappa shape index (κ1) is 14.7. The van der Waals surface area contributed by atoms with Crippen molar-refractivity contribution in [3.05, 3.63) is 22.4 Å². The normalized spacial score (nSPS) is 15.7. The van der Waals surface area contributed by atoms with Gasteiger partial charge in [0.1, 0.15) is 5.60 Å². The number of carboxylic acid groups (broad SMARTS) is 1. The van der Waals surface area contributed by atoms with Crippen LogP contribution in [0.3, 0.4) is 0 Å². The number of hydrogen-bond acceptors (Lipinski definition) is 4. The molecular formula is C12H17NO4S. The number of carbonyl (C=O) groups is 2. The summed E-state index contributed by atoms with van der Waals surface area (Å²) in [5.41, 5.74) is -1.01. The summed E-state index contributed by atoms with van der Waals surface area (Å²) in [4.78, 5) is 23.8. The van der Waals surface area contributed by atoms with E-state index >= 15 is 0 Å². The van der Waals surface area contributed by atoms with Gasteiger partial charge >= 0.3 is 5.97 Å². The lowest BCUT2D eigenvalue weighted by molar-refractivity contribution is -0.148. The molecule has 1 rings (SSSR count). The van der Waals surface area contributed by atoms with Gasteiger partial charge in [-0.15, -0.1) is 11.3 Å². The van der Waals surface area contributed by atoms with Crippen molar-refractivity contribution in [2.75, 3.05) is 7.11 Å². The number of carbonyl (C=O) groups excluding carboxylic acids is 1. The summed E-state index contributed by atoms with van der Waals surface area (Å²) in [6.07, 6.45) is 0.464. The van der Waals surface area contributed by atoms with E-state index in [2.05, 4.69) is 5.32 Å². The van der Waals surface area contributed by atoms with Crippen LogP contribution in [-0.2, 0) is 14.3 Å². The van der Waals surface area contributed by atoms with Gasteiger partial charge in [-0.1, -0.05) is 13.0 Å². The van der Waals surface area contributed by atoms with Crippen molar-refractivity contribution in [2.45, 2.75) is 31.9 Å². The fraction of sp³-hybridized carbons (Fsp3) is 0.500. The molecule has 0 saturated carbocycles. The van der Waals surface area contributed by atoms with E-state index in [4.69, 9.17) is 9.84 Å². The Morgan fingerprint density at radius 2 is 2.28 bits per heavy atom. The van der Waals surface area contributed by atoms with E-state index in [0.29, 0.717) is 11.3 Å². The number of aliphatic carboxylic acids is 1. The van der Waals surface area contributed by atoms with Gasteiger partial charge in [0.2, 0.25) is 0 Å². The largest absolute Gasteiger partial charge is 0.479 e. The van der Waals surface area contributed by atoms with Gasteiger partial charge in [0.25, 0.3) is 5.91 Å². The Bertz CT molecular complexity index is 412. The van der Waals surface area contributed by atoms with Gasteiger partial charge in [0, 0.05) is 12.0 Å². The first-order valence-electron chi connectivity index (χ1n) is 5.57. The van der Waals surface area contributed by atoms with Crippen LogP contribution in [-0.4, -0.2) is 29.7 Å². The molecule has 6 heteroatoms. The Morgan fingerprint density at radius 1 is 1.61 bits per heavy atom. The zero-order valence-electron chi connectivity index (χ0n) is 10.6. The molecule has 1 amide bonds. The summed E-state index contributed by atoms with van der Waals surface area (Å²) >= 11 is 1.29. The monoisotopic (exact) mass is 271 g/mol. The van der Waals surface area contributed by atoms with Crippen LogP contribution in [0.1, 0.15) is 31.2 Å². The standard InChI is InChI=1S/C12H17NO4S/c1-4-12(2,17-3)11(16)13-9(10(14)15)8-6-5-7-18-8/h5-7,9H,4H2,1-3H3,(H,13,16)(H,14,15). The second-order valence-electron chi connectivity index (χ2n) is 4.05. The molecule has 0 bridgehead atoms. The number of carboxylic acids is 1. The third-order valence-corrected chi connectivity index (χ3v) is 3.89. The molecule has 0 aliphatic heterocycles. The van der Waals surface area contributed by atoms with Crippen molar-refractivity contribution >= 4 is 23.2 Å². The summed E-state index contributed by atoms with van der Waals surface area (Å²) in [6, 6.07) is 2.40. The second-order valence-corrected chi connectivity index (χ2v) is 5.03. The van der Waals surface area contributed by atoms with Crippen LogP contribution in [0.2, 0.25) is 0 Å². The lowest BCUT2D eigenvalue weighted by Gasteiger charge is -2.27. The van der Waals surface area contributed by atoms with Crippen LogP contribution in [0.5, 0.6) is 0 Å². The molecule has 2 atom stereocenters. The lowest BCUT2D eigenvalue weighted by Crippen LogP contribution is -2.48. The molecule has 2 N–H and O–H groups in total. The van der Waals surface area contributed by atoms with E-state index < -0.39 is 23.5 Å². The maximum atomic E-state index is 12.0. The fourth-order valence-electron chi connectivity index (χ4n) is 1.39. The van der Waals surface area contributed by atoms with Crippen molar-refractivity contribution in [2.24, 2.45) is 0 Å². The highest BCUT2D eigenvalue weighted by Gasteiger charge is 2.34. The molecular weight excluding hydrogens is 254 g/mol. The molecule has 0 fully saturated rings. The number of amides is 1. The van der Waals surface area contributed by atoms with E-state index in [1.807, 2.05) is 6.92 Å². The van der Waals surface area contributed by atoms with Gasteiger partial charge in [0.15, 0.2) is 6.04 Å². The van der Waals surface area contributed by atoms with Gasteiger partial charge in [0.05, 0.1) is 0 Å². The van der Waals surface area contributed by atoms with Crippen molar-refractivity contribution in [3.8, 4) is 0 Å². The lowest BCUT2D eigenvalue weighted by atomic mass is 10.0. The minimum absolute atomic E-state index is 0.423. The predicted octanol–water partition coefficient (Wildman–Crippen LogP) is 1.81. The van der Waals surface area contributed by atoms with E-state index in [0.717, 1.165) is 0 Å². The molecule has 100 valence electrons. The molecule has 18 heavy (non-hydrogen) atoms. The maximum absolute atomic E-state index is 12.0. The summed E-state index contributed by atoms with van der Waals surface area (Å²) in [5, 5.41) is 13.4. The molecule has 2 unspecified atom stereocenters. The van der Waals surface area contributed by atoms with Gasteiger partial charge < -0.3 is 15.2 Å². The average Bonchev–Trinajstić information content (AvgIpc) is 2.87. The molecule has 5 nitrogen and oxygen atoms in total. The topological polar surface area (TPSA) is 75.6 Å². The Morgan fingerprint density at radius 3 is 2.67 bits per heavy atom. The average molecular weight is 271 g/mol. The number of nitrogens with one attached hydrogen (secondary N) is 1. The van der Waals surface area contributed by atoms with Gasteiger partial charge in [-0.3, -0.25) is 4.79 Å². The molecule has 0 aromatic carbocycles. The second kappa shape index (κ2) is 5.97. The summed E-state index contributed by atoms with van der Waals surface area (Å²) in [7, 11) is 1.43. The van der Waals surface area contributed by atoms with Crippen molar-refractivity contribution in [1.29, 1.82) is 0 Å². The quantitative estimate of drug-likeness (QED) is 0.827. The summed E-state index contributed by atoms with van der Waals surface area (Å²) in [6.45, 7) is 3.44. The summed E-state index contributed by atoms with van der Waals surface area (Å²) in [5.74, 6) is -1.51. The highest BCUT2D eigenvalue weighted by atomic mass is 32.1. The third-order valence-electron chi connectivity index (χ3n) is 2.96. The Kier molecular flexibility index (Phi) is 4.86. The molecule has 0 spiro atoms. The Labute approximate surface area is 110 Å². The minimum atomic E-state index is -1.08. The third kappa shape index (κ3) is 3.08. The maximum Gasteiger partial charge on any atom is 0.331 e.